The summed E-state index contributed by atoms with van der Waals surface area (Å²) in [6.07, 6.45) is -0.529. The van der Waals surface area contributed by atoms with Crippen molar-refractivity contribution in [2.24, 2.45) is 0 Å². The van der Waals surface area contributed by atoms with Gasteiger partial charge in [-0.3, -0.25) is 4.79 Å². The van der Waals surface area contributed by atoms with Crippen LogP contribution in [0.4, 0.5) is 0 Å². The van der Waals surface area contributed by atoms with Gasteiger partial charge in [0.1, 0.15) is 6.10 Å². The summed E-state index contributed by atoms with van der Waals surface area (Å²) in [5.74, 6) is -0.0264. The molecule has 2 saturated heterocycles. The van der Waals surface area contributed by atoms with Crippen molar-refractivity contribution in [2.75, 3.05) is 6.61 Å². The molecule has 3 aromatic rings. The number of aromatic nitrogens is 2. The van der Waals surface area contributed by atoms with E-state index >= 15 is 0 Å². The van der Waals surface area contributed by atoms with Crippen molar-refractivity contribution < 1.29 is 14.3 Å². The summed E-state index contributed by atoms with van der Waals surface area (Å²) in [4.78, 5) is 12.4. The molecule has 0 radical (unpaired) electrons. The highest BCUT2D eigenvalue weighted by atomic mass is 35.5. The number of rotatable bonds is 3. The lowest BCUT2D eigenvalue weighted by molar-refractivity contribution is -0.156. The van der Waals surface area contributed by atoms with E-state index in [-0.39, 0.29) is 17.9 Å². The summed E-state index contributed by atoms with van der Waals surface area (Å²) < 4.78 is 16.2. The molecule has 3 atom stereocenters. The average Bonchev–Trinajstić information content (AvgIpc) is 3.23. The maximum Gasteiger partial charge on any atom is 0.218 e. The molecule has 0 unspecified atom stereocenters. The van der Waals surface area contributed by atoms with E-state index in [1.165, 1.54) is 11.1 Å². The van der Waals surface area contributed by atoms with Crippen molar-refractivity contribution >= 4 is 40.6 Å². The number of fused-ring (bicyclic) bond motifs is 3. The molecule has 2 aliphatic rings. The van der Waals surface area contributed by atoms with Crippen LogP contribution >= 0.6 is 23.8 Å². The lowest BCUT2D eigenvalue weighted by Gasteiger charge is -2.28. The first-order valence-corrected chi connectivity index (χ1v) is 10.5. The zero-order valence-electron chi connectivity index (χ0n) is 16.2. The van der Waals surface area contributed by atoms with Crippen LogP contribution in [0.15, 0.2) is 36.4 Å². The normalized spacial score (nSPS) is 23.8. The largest absolute Gasteiger partial charge is 0.343 e. The molecule has 150 valence electrons. The van der Waals surface area contributed by atoms with E-state index in [0.717, 1.165) is 16.6 Å². The van der Waals surface area contributed by atoms with Gasteiger partial charge in [-0.15, -0.1) is 0 Å². The summed E-state index contributed by atoms with van der Waals surface area (Å²) in [6, 6.07) is 11.9. The number of ketones is 1. The number of carbonyl (C=O) groups is 1. The number of Topliss-reactive ketones (excluding diaryl/α,β-unsaturated/α-hetero) is 1. The minimum Gasteiger partial charge on any atom is -0.343 e. The zero-order valence-corrected chi connectivity index (χ0v) is 17.8. The number of hydrogen-bond acceptors (Lipinski definition) is 4. The van der Waals surface area contributed by atoms with Crippen molar-refractivity contribution in [1.29, 1.82) is 0 Å². The van der Waals surface area contributed by atoms with E-state index in [1.807, 2.05) is 24.3 Å². The van der Waals surface area contributed by atoms with Crippen molar-refractivity contribution in [1.82, 2.24) is 9.13 Å². The fourth-order valence-corrected chi connectivity index (χ4v) is 4.87. The molecule has 0 saturated carbocycles. The van der Waals surface area contributed by atoms with Gasteiger partial charge in [0.25, 0.3) is 0 Å². The number of ether oxygens (including phenoxy) is 2. The zero-order chi connectivity index (χ0) is 20.3. The van der Waals surface area contributed by atoms with Crippen molar-refractivity contribution in [3.8, 4) is 0 Å². The van der Waals surface area contributed by atoms with Gasteiger partial charge in [-0.25, -0.2) is 0 Å². The lowest BCUT2D eigenvalue weighted by atomic mass is 10.0. The van der Waals surface area contributed by atoms with Gasteiger partial charge in [-0.2, -0.15) is 0 Å². The number of halogens is 1. The van der Waals surface area contributed by atoms with Crippen LogP contribution in [0.3, 0.4) is 0 Å². The number of imidazole rings is 1. The molecule has 5 rings (SSSR count). The molecule has 2 aliphatic heterocycles. The Balaban J connectivity index is 1.71. The summed E-state index contributed by atoms with van der Waals surface area (Å²) >= 11 is 12.4. The minimum absolute atomic E-state index is 0.0264. The predicted molar refractivity (Wildman–Crippen MR) is 114 cm³/mol. The Labute approximate surface area is 178 Å². The van der Waals surface area contributed by atoms with Crippen LogP contribution < -0.4 is 0 Å². The molecule has 7 heteroatoms. The Hall–Kier alpha value is -1.99. The Morgan fingerprint density at radius 3 is 2.66 bits per heavy atom. The second-order valence-corrected chi connectivity index (χ2v) is 8.61. The number of nitrogens with zero attached hydrogens (tertiary/aromatic N) is 2. The topological polar surface area (TPSA) is 45.4 Å². The highest BCUT2D eigenvalue weighted by molar-refractivity contribution is 7.71. The van der Waals surface area contributed by atoms with Gasteiger partial charge in [0.15, 0.2) is 10.6 Å². The summed E-state index contributed by atoms with van der Waals surface area (Å²) in [5, 5.41) is 0.711. The van der Waals surface area contributed by atoms with Crippen LogP contribution in [0.1, 0.15) is 29.2 Å². The summed E-state index contributed by atoms with van der Waals surface area (Å²) in [5.41, 5.74) is 5.42. The van der Waals surface area contributed by atoms with Gasteiger partial charge >= 0.3 is 0 Å². The molecule has 0 spiro atoms. The number of hydrogen-bond donors (Lipinski definition) is 0. The Morgan fingerprint density at radius 1 is 1.17 bits per heavy atom. The fraction of sp³-hybridized carbons (Fsp3) is 0.364. The molecule has 0 N–H and O–H groups in total. The van der Waals surface area contributed by atoms with Gasteiger partial charge in [-0.05, 0) is 61.0 Å². The molecular weight excluding hydrogens is 408 g/mol. The van der Waals surface area contributed by atoms with E-state index < -0.39 is 6.29 Å². The van der Waals surface area contributed by atoms with E-state index in [4.69, 9.17) is 33.3 Å². The quantitative estimate of drug-likeness (QED) is 0.565. The summed E-state index contributed by atoms with van der Waals surface area (Å²) in [6.45, 7) is 5.16. The minimum atomic E-state index is -0.717. The fourth-order valence-electron chi connectivity index (χ4n) is 4.28. The van der Waals surface area contributed by atoms with Gasteiger partial charge in [-0.1, -0.05) is 29.8 Å². The Morgan fingerprint density at radius 2 is 1.90 bits per heavy atom. The third-order valence-electron chi connectivity index (χ3n) is 6.01. The van der Waals surface area contributed by atoms with Crippen LogP contribution in [0.25, 0.3) is 11.0 Å². The van der Waals surface area contributed by atoms with Crippen LogP contribution in [-0.4, -0.2) is 33.9 Å². The second kappa shape index (κ2) is 7.06. The monoisotopic (exact) mass is 428 g/mol. The van der Waals surface area contributed by atoms with Crippen molar-refractivity contribution in [3.05, 3.63) is 62.9 Å². The predicted octanol–water partition coefficient (Wildman–Crippen LogP) is 4.75. The molecule has 3 heterocycles. The van der Waals surface area contributed by atoms with Crippen LogP contribution in [0.5, 0.6) is 0 Å². The number of carbonyl (C=O) groups excluding carboxylic acids is 1. The lowest BCUT2D eigenvalue weighted by Crippen LogP contribution is -2.37. The van der Waals surface area contributed by atoms with Crippen molar-refractivity contribution in [2.45, 2.75) is 45.2 Å². The number of benzene rings is 2. The summed E-state index contributed by atoms with van der Waals surface area (Å²) in [7, 11) is 0. The smallest absolute Gasteiger partial charge is 0.218 e. The first kappa shape index (κ1) is 19.0. The Bertz CT molecular complexity index is 1200. The molecule has 2 bridgehead atoms. The molecule has 2 fully saturated rings. The van der Waals surface area contributed by atoms with Crippen LogP contribution in [0, 0.1) is 18.6 Å². The third kappa shape index (κ3) is 3.06. The molecule has 2 aromatic carbocycles. The van der Waals surface area contributed by atoms with E-state index in [1.54, 1.807) is 0 Å². The molecule has 0 aliphatic carbocycles. The molecule has 29 heavy (non-hydrogen) atoms. The maximum atomic E-state index is 12.4. The van der Waals surface area contributed by atoms with Gasteiger partial charge in [0.05, 0.1) is 30.2 Å². The average molecular weight is 429 g/mol. The first-order valence-electron chi connectivity index (χ1n) is 9.69. The SMILES string of the molecule is Cc1cc2c(cc1C)n([C@H]1CC(=O)[C@@H]3OC[C@H]1O3)c(=S)n2Cc1ccccc1Cl. The van der Waals surface area contributed by atoms with E-state index in [0.29, 0.717) is 29.4 Å². The highest BCUT2D eigenvalue weighted by Gasteiger charge is 2.44. The van der Waals surface area contributed by atoms with Crippen LogP contribution in [-0.2, 0) is 20.8 Å². The standard InChI is InChI=1S/C22H21ClN2O3S/c1-12-7-16-17(8-13(12)2)25(18-9-19(26)21-27-11-20(18)28-21)22(29)24(16)10-14-5-3-4-6-15(14)23/h3-8,18,20-21H,9-11H2,1-2H3/t18-,20+,21+/m0/s1. The van der Waals surface area contributed by atoms with Gasteiger partial charge in [0.2, 0.25) is 6.29 Å². The van der Waals surface area contributed by atoms with E-state index in [2.05, 4.69) is 35.1 Å². The Kier molecular flexibility index (Phi) is 4.62. The van der Waals surface area contributed by atoms with Crippen LogP contribution in [0.2, 0.25) is 5.02 Å². The molecule has 1 aromatic heterocycles. The first-order chi connectivity index (χ1) is 13.9. The second-order valence-electron chi connectivity index (χ2n) is 7.83. The molecular formula is C22H21ClN2O3S. The maximum absolute atomic E-state index is 12.4. The highest BCUT2D eigenvalue weighted by Crippen LogP contribution is 2.37. The number of aryl methyl sites for hydroxylation is 2. The van der Waals surface area contributed by atoms with Crippen molar-refractivity contribution in [3.63, 3.8) is 0 Å². The van der Waals surface area contributed by atoms with E-state index in [9.17, 15) is 4.79 Å². The molecule has 5 nitrogen and oxygen atoms in total. The van der Waals surface area contributed by atoms with Gasteiger partial charge < -0.3 is 18.6 Å². The third-order valence-corrected chi connectivity index (χ3v) is 6.79. The molecule has 0 amide bonds. The van der Waals surface area contributed by atoms with Gasteiger partial charge in [0, 0.05) is 11.4 Å².